The Morgan fingerprint density at radius 1 is 1.03 bits per heavy atom. The van der Waals surface area contributed by atoms with Gasteiger partial charge in [-0.3, -0.25) is 14.9 Å². The van der Waals surface area contributed by atoms with Crippen molar-refractivity contribution in [3.05, 3.63) is 110 Å². The number of hydrogen-bond donors (Lipinski definition) is 0. The van der Waals surface area contributed by atoms with Crippen LogP contribution >= 0.6 is 11.6 Å². The van der Waals surface area contributed by atoms with Crippen LogP contribution in [0.2, 0.25) is 5.02 Å². The largest absolute Gasteiger partial charge is 0.463 e. The van der Waals surface area contributed by atoms with E-state index in [1.807, 2.05) is 0 Å². The monoisotopic (exact) mass is 447 g/mol. The van der Waals surface area contributed by atoms with Gasteiger partial charge in [0.2, 0.25) is 5.43 Å². The van der Waals surface area contributed by atoms with E-state index in [4.69, 9.17) is 20.8 Å². The molecule has 4 aromatic rings. The van der Waals surface area contributed by atoms with E-state index in [2.05, 4.69) is 0 Å². The number of non-ortho nitro benzene ring substituents is 1. The third-order valence-electron chi connectivity index (χ3n) is 4.62. The van der Waals surface area contributed by atoms with Crippen LogP contribution < -0.4 is 10.2 Å². The van der Waals surface area contributed by atoms with Crippen molar-refractivity contribution in [2.45, 2.75) is 0 Å². The Bertz CT molecular complexity index is 1440. The molecule has 0 aliphatic carbocycles. The number of ether oxygens (including phenoxy) is 1. The molecule has 158 valence electrons. The number of nitrogens with zero attached hydrogens (tertiary/aromatic N) is 1. The number of fused-ring (bicyclic) bond motifs is 1. The van der Waals surface area contributed by atoms with Crippen LogP contribution in [0.1, 0.15) is 5.56 Å². The van der Waals surface area contributed by atoms with Crippen molar-refractivity contribution in [3.8, 4) is 16.9 Å². The van der Waals surface area contributed by atoms with Crippen molar-refractivity contribution in [2.75, 3.05) is 0 Å². The molecular formula is C24H14ClNO6. The van der Waals surface area contributed by atoms with Gasteiger partial charge in [-0.05, 0) is 29.8 Å². The first-order valence-corrected chi connectivity index (χ1v) is 9.75. The van der Waals surface area contributed by atoms with Crippen LogP contribution in [0.25, 0.3) is 28.2 Å². The Morgan fingerprint density at radius 3 is 2.62 bits per heavy atom. The predicted octanol–water partition coefficient (Wildman–Crippen LogP) is 5.64. The highest BCUT2D eigenvalue weighted by atomic mass is 35.5. The summed E-state index contributed by atoms with van der Waals surface area (Å²) < 4.78 is 10.8. The molecule has 0 saturated carbocycles. The Hall–Kier alpha value is -4.23. The van der Waals surface area contributed by atoms with Gasteiger partial charge in [0, 0.05) is 34.9 Å². The summed E-state index contributed by atoms with van der Waals surface area (Å²) in [6.07, 6.45) is 3.88. The third kappa shape index (κ3) is 4.43. The Morgan fingerprint density at radius 2 is 1.84 bits per heavy atom. The minimum Gasteiger partial charge on any atom is -0.463 e. The van der Waals surface area contributed by atoms with Crippen LogP contribution in [0.15, 0.2) is 88.3 Å². The van der Waals surface area contributed by atoms with E-state index in [0.717, 1.165) is 6.08 Å². The molecule has 1 aromatic heterocycles. The van der Waals surface area contributed by atoms with Gasteiger partial charge in [-0.25, -0.2) is 4.79 Å². The summed E-state index contributed by atoms with van der Waals surface area (Å²) in [5, 5.41) is 11.6. The van der Waals surface area contributed by atoms with Crippen LogP contribution in [0.4, 0.5) is 5.69 Å². The van der Waals surface area contributed by atoms with Crippen molar-refractivity contribution >= 4 is 40.3 Å². The second-order valence-electron chi connectivity index (χ2n) is 6.72. The predicted molar refractivity (Wildman–Crippen MR) is 121 cm³/mol. The van der Waals surface area contributed by atoms with Gasteiger partial charge in [0.05, 0.1) is 15.9 Å². The lowest BCUT2D eigenvalue weighted by atomic mass is 10.1. The molecule has 0 saturated heterocycles. The van der Waals surface area contributed by atoms with Crippen LogP contribution in [0.3, 0.4) is 0 Å². The molecule has 4 rings (SSSR count). The second-order valence-corrected chi connectivity index (χ2v) is 7.13. The molecule has 0 N–H and O–H groups in total. The average molecular weight is 448 g/mol. The highest BCUT2D eigenvalue weighted by molar-refractivity contribution is 6.33. The first-order valence-electron chi connectivity index (χ1n) is 9.37. The van der Waals surface area contributed by atoms with Crippen molar-refractivity contribution in [3.63, 3.8) is 0 Å². The minimum atomic E-state index is -0.689. The lowest BCUT2D eigenvalue weighted by Gasteiger charge is -2.06. The molecular weight excluding hydrogens is 434 g/mol. The maximum Gasteiger partial charge on any atom is 0.336 e. The van der Waals surface area contributed by atoms with E-state index in [1.54, 1.807) is 30.3 Å². The van der Waals surface area contributed by atoms with E-state index < -0.39 is 10.9 Å². The Labute approximate surface area is 186 Å². The zero-order valence-corrected chi connectivity index (χ0v) is 17.1. The molecule has 0 radical (unpaired) electrons. The quantitative estimate of drug-likeness (QED) is 0.129. The molecule has 0 atom stereocenters. The summed E-state index contributed by atoms with van der Waals surface area (Å²) in [4.78, 5) is 35.3. The number of carbonyl (C=O) groups excluding carboxylic acids is 1. The molecule has 32 heavy (non-hydrogen) atoms. The van der Waals surface area contributed by atoms with E-state index in [9.17, 15) is 19.7 Å². The van der Waals surface area contributed by atoms with E-state index in [-0.39, 0.29) is 22.4 Å². The maximum atomic E-state index is 12.9. The van der Waals surface area contributed by atoms with Crippen molar-refractivity contribution < 1.29 is 18.9 Å². The number of nitro benzene ring substituents is 1. The van der Waals surface area contributed by atoms with E-state index >= 15 is 0 Å². The average Bonchev–Trinajstić information content (AvgIpc) is 2.79. The summed E-state index contributed by atoms with van der Waals surface area (Å²) in [5.41, 5.74) is 1.27. The maximum absolute atomic E-state index is 12.9. The van der Waals surface area contributed by atoms with Gasteiger partial charge < -0.3 is 9.15 Å². The van der Waals surface area contributed by atoms with Crippen molar-refractivity contribution in [1.29, 1.82) is 0 Å². The normalized spacial score (nSPS) is 11.0. The number of halogens is 1. The summed E-state index contributed by atoms with van der Waals surface area (Å²) in [6.45, 7) is 0. The lowest BCUT2D eigenvalue weighted by Crippen LogP contribution is -2.06. The molecule has 0 amide bonds. The summed E-state index contributed by atoms with van der Waals surface area (Å²) in [7, 11) is 0. The van der Waals surface area contributed by atoms with E-state index in [1.165, 1.54) is 48.7 Å². The van der Waals surface area contributed by atoms with E-state index in [0.29, 0.717) is 27.1 Å². The van der Waals surface area contributed by atoms with Gasteiger partial charge in [0.25, 0.3) is 5.69 Å². The lowest BCUT2D eigenvalue weighted by molar-refractivity contribution is -0.384. The fraction of sp³-hybridized carbons (Fsp3) is 0. The van der Waals surface area contributed by atoms with Gasteiger partial charge in [-0.2, -0.15) is 0 Å². The van der Waals surface area contributed by atoms with Gasteiger partial charge in [0.15, 0.2) is 0 Å². The first-order chi connectivity index (χ1) is 15.4. The highest BCUT2D eigenvalue weighted by Gasteiger charge is 2.13. The number of carbonyl (C=O) groups is 1. The summed E-state index contributed by atoms with van der Waals surface area (Å²) in [6, 6.07) is 17.2. The van der Waals surface area contributed by atoms with Crippen molar-refractivity contribution in [1.82, 2.24) is 0 Å². The number of esters is 1. The zero-order valence-electron chi connectivity index (χ0n) is 16.4. The molecule has 0 bridgehead atoms. The zero-order chi connectivity index (χ0) is 22.7. The van der Waals surface area contributed by atoms with Crippen LogP contribution in [-0.4, -0.2) is 10.9 Å². The summed E-state index contributed by atoms with van der Waals surface area (Å²) >= 11 is 6.18. The molecule has 0 unspecified atom stereocenters. The minimum absolute atomic E-state index is 0.0822. The molecule has 8 heteroatoms. The first kappa shape index (κ1) is 21.0. The number of hydrogen-bond acceptors (Lipinski definition) is 6. The third-order valence-corrected chi connectivity index (χ3v) is 4.95. The van der Waals surface area contributed by atoms with Crippen molar-refractivity contribution in [2.24, 2.45) is 0 Å². The highest BCUT2D eigenvalue weighted by Crippen LogP contribution is 2.28. The van der Waals surface area contributed by atoms with Gasteiger partial charge in [-0.15, -0.1) is 0 Å². The fourth-order valence-corrected chi connectivity index (χ4v) is 3.33. The van der Waals surface area contributed by atoms with Crippen LogP contribution in [0, 0.1) is 10.1 Å². The standard InChI is InChI=1S/C24H14ClNO6/c25-21-7-2-1-6-18(21)20-14-31-22-13-17(9-10-19(22)24(20)28)32-23(27)11-8-15-4-3-5-16(12-15)26(29)30/h1-14H/b11-8+. The molecule has 1 heterocycles. The molecule has 3 aromatic carbocycles. The Kier molecular flexibility index (Phi) is 5.83. The Balaban J connectivity index is 1.55. The SMILES string of the molecule is O=C(/C=C/c1cccc([N+](=O)[O-])c1)Oc1ccc2c(=O)c(-c3ccccc3Cl)coc2c1. The smallest absolute Gasteiger partial charge is 0.336 e. The molecule has 0 aliphatic heterocycles. The second kappa shape index (κ2) is 8.87. The van der Waals surface area contributed by atoms with Gasteiger partial charge in [-0.1, -0.05) is 41.9 Å². The van der Waals surface area contributed by atoms with Crippen LogP contribution in [0.5, 0.6) is 5.75 Å². The number of rotatable bonds is 5. The van der Waals surface area contributed by atoms with Crippen LogP contribution in [-0.2, 0) is 4.79 Å². The number of nitro groups is 1. The fourth-order valence-electron chi connectivity index (χ4n) is 3.09. The molecule has 0 spiro atoms. The molecule has 0 aliphatic rings. The topological polar surface area (TPSA) is 99.6 Å². The molecule has 7 nitrogen and oxygen atoms in total. The van der Waals surface area contributed by atoms with Gasteiger partial charge >= 0.3 is 5.97 Å². The summed E-state index contributed by atoms with van der Waals surface area (Å²) in [5.74, 6) is -0.509. The number of benzene rings is 3. The molecule has 0 fully saturated rings. The van der Waals surface area contributed by atoms with Gasteiger partial charge in [0.1, 0.15) is 17.6 Å².